The van der Waals surface area contributed by atoms with Crippen LogP contribution in [0.25, 0.3) is 11.0 Å². The topological polar surface area (TPSA) is 128 Å². The van der Waals surface area contributed by atoms with Crippen molar-refractivity contribution in [3.05, 3.63) is 34.2 Å². The molecule has 0 unspecified atom stereocenters. The Morgan fingerprint density at radius 3 is 2.57 bits per heavy atom. The van der Waals surface area contributed by atoms with Crippen LogP contribution in [-0.4, -0.2) is 88.7 Å². The average molecular weight is 556 g/mol. The van der Waals surface area contributed by atoms with Crippen LogP contribution in [0.4, 0.5) is 8.78 Å². The van der Waals surface area contributed by atoms with Gasteiger partial charge in [-0.3, -0.25) is 4.79 Å². The first-order valence-electron chi connectivity index (χ1n) is 11.2. The summed E-state index contributed by atoms with van der Waals surface area (Å²) in [4.78, 5) is 40.9. The summed E-state index contributed by atoms with van der Waals surface area (Å²) in [7, 11) is 5.22. The van der Waals surface area contributed by atoms with E-state index in [0.717, 1.165) is 42.7 Å². The number of carbonyl (C=O) groups excluding carboxylic acids is 2. The Morgan fingerprint density at radius 1 is 1.27 bits per heavy atom. The molecule has 3 aromatic rings. The minimum absolute atomic E-state index is 0.0103. The molecular formula is C23H27F2N5O5S2. The molecule has 200 valence electrons. The van der Waals surface area contributed by atoms with E-state index in [2.05, 4.69) is 31.9 Å². The van der Waals surface area contributed by atoms with Gasteiger partial charge in [-0.1, -0.05) is 11.8 Å². The van der Waals surface area contributed by atoms with Gasteiger partial charge in [0.1, 0.15) is 27.7 Å². The van der Waals surface area contributed by atoms with Crippen molar-refractivity contribution in [2.24, 2.45) is 0 Å². The van der Waals surface area contributed by atoms with E-state index >= 15 is 0 Å². The van der Waals surface area contributed by atoms with Crippen molar-refractivity contribution in [2.45, 2.75) is 29.9 Å². The van der Waals surface area contributed by atoms with E-state index < -0.39 is 17.9 Å². The predicted molar refractivity (Wildman–Crippen MR) is 135 cm³/mol. The zero-order valence-electron chi connectivity index (χ0n) is 20.5. The fourth-order valence-electron chi connectivity index (χ4n) is 3.61. The number of hydrogen-bond donors (Lipinski definition) is 1. The van der Waals surface area contributed by atoms with Crippen LogP contribution in [0, 0.1) is 0 Å². The highest BCUT2D eigenvalue weighted by atomic mass is 32.2. The zero-order chi connectivity index (χ0) is 27.0. The maximum atomic E-state index is 13.3. The molecule has 3 aromatic heterocycles. The molecule has 1 N–H and O–H groups in total. The molecule has 0 spiro atoms. The normalized spacial score (nSPS) is 15.3. The summed E-state index contributed by atoms with van der Waals surface area (Å²) in [6.07, 6.45) is 2.15. The van der Waals surface area contributed by atoms with Gasteiger partial charge in [-0.2, -0.15) is 0 Å². The Morgan fingerprint density at radius 2 is 1.97 bits per heavy atom. The van der Waals surface area contributed by atoms with Gasteiger partial charge in [0.15, 0.2) is 17.3 Å². The van der Waals surface area contributed by atoms with Gasteiger partial charge in [-0.05, 0) is 26.0 Å². The Kier molecular flexibility index (Phi) is 10.3. The van der Waals surface area contributed by atoms with Crippen LogP contribution in [0.5, 0.6) is 5.75 Å². The van der Waals surface area contributed by atoms with Gasteiger partial charge >= 0.3 is 0 Å². The molecule has 0 amide bonds. The first kappa shape index (κ1) is 28.9. The van der Waals surface area contributed by atoms with E-state index in [0.29, 0.717) is 22.3 Å². The molecule has 14 heteroatoms. The van der Waals surface area contributed by atoms with Crippen LogP contribution in [0.15, 0.2) is 23.5 Å². The number of aromatic nitrogens is 4. The Labute approximate surface area is 220 Å². The maximum Gasteiger partial charge on any atom is 0.297 e. The summed E-state index contributed by atoms with van der Waals surface area (Å²) in [6.45, 7) is 1.41. The second kappa shape index (κ2) is 13.2. The quantitative estimate of drug-likeness (QED) is 0.181. The minimum atomic E-state index is -2.85. The predicted octanol–water partition coefficient (Wildman–Crippen LogP) is 3.15. The van der Waals surface area contributed by atoms with Crippen molar-refractivity contribution in [1.29, 1.82) is 0 Å². The third-order valence-corrected chi connectivity index (χ3v) is 7.92. The molecular weight excluding hydrogens is 528 g/mol. The third-order valence-electron chi connectivity index (χ3n) is 5.71. The van der Waals surface area contributed by atoms with Crippen LogP contribution < -0.4 is 4.74 Å². The van der Waals surface area contributed by atoms with Gasteiger partial charge in [-0.15, -0.1) is 11.3 Å². The fourth-order valence-corrected chi connectivity index (χ4v) is 5.66. The molecule has 1 aliphatic heterocycles. The first-order chi connectivity index (χ1) is 17.8. The highest BCUT2D eigenvalue weighted by molar-refractivity contribution is 8.00. The van der Waals surface area contributed by atoms with Crippen molar-refractivity contribution >= 4 is 46.2 Å². The second-order valence-electron chi connectivity index (χ2n) is 8.03. The highest BCUT2D eigenvalue weighted by Crippen LogP contribution is 2.38. The summed E-state index contributed by atoms with van der Waals surface area (Å²) in [5.74, 6) is -0.334. The lowest BCUT2D eigenvalue weighted by Crippen LogP contribution is -2.42. The molecule has 0 aromatic carbocycles. The number of alkyl halides is 2. The molecule has 0 atom stereocenters. The summed E-state index contributed by atoms with van der Waals surface area (Å²) in [5, 5.41) is 9.00. The number of aliphatic hydroxyl groups excluding tert-OH is 1. The van der Waals surface area contributed by atoms with Crippen molar-refractivity contribution in [2.75, 3.05) is 46.7 Å². The van der Waals surface area contributed by atoms with E-state index in [-0.39, 0.29) is 28.8 Å². The van der Waals surface area contributed by atoms with E-state index in [1.165, 1.54) is 24.6 Å². The number of nitrogens with zero attached hydrogens (tertiary/aromatic N) is 5. The summed E-state index contributed by atoms with van der Waals surface area (Å²) in [5.41, 5.74) is -0.361. The number of halogens is 2. The number of thioether (sulfide) groups is 1. The van der Waals surface area contributed by atoms with Crippen molar-refractivity contribution in [3.8, 4) is 5.75 Å². The lowest BCUT2D eigenvalue weighted by Gasteiger charge is -2.38. The number of Topliss-reactive ketones (excluding diaryl/α,β-unsaturated/α-hetero) is 1. The average Bonchev–Trinajstić information content (AvgIpc) is 3.43. The lowest BCUT2D eigenvalue weighted by atomic mass is 9.92. The number of aldehydes is 1. The van der Waals surface area contributed by atoms with Gasteiger partial charge in [0.2, 0.25) is 0 Å². The summed E-state index contributed by atoms with van der Waals surface area (Å²) >= 11 is 2.39. The monoisotopic (exact) mass is 555 g/mol. The number of thiazole rings is 1. The Bertz CT molecular complexity index is 1220. The lowest BCUT2D eigenvalue weighted by molar-refractivity contribution is -0.110. The number of piperidine rings is 1. The van der Waals surface area contributed by atoms with Crippen molar-refractivity contribution in [1.82, 2.24) is 24.8 Å². The standard InChI is InChI=1S/C21H23F2N5O3S2.C2H4O2/c1-28-6-4-21(31-3,5-7-28)20-25-10-15(33-20)14(29)11-32-19-13-8-12(30-2)9-24-17(13)26-18(27-19)16(22)23;3-1-2-4/h8-10,16H,4-7,11H2,1-3H3;1,4H,2H2. The molecule has 0 bridgehead atoms. The van der Waals surface area contributed by atoms with Crippen LogP contribution >= 0.6 is 23.1 Å². The molecule has 0 aliphatic carbocycles. The Balaban J connectivity index is 0.000000886. The van der Waals surface area contributed by atoms with Gasteiger partial charge in [0, 0.05) is 26.4 Å². The SMILES string of the molecule is COc1cnc2nc(C(F)F)nc(SCC(=O)c3cnc(C4(OC)CCN(C)CC4)s3)c2c1.O=CCO. The smallest absolute Gasteiger partial charge is 0.297 e. The first-order valence-corrected chi connectivity index (χ1v) is 13.0. The van der Waals surface area contributed by atoms with Crippen LogP contribution in [0.3, 0.4) is 0 Å². The molecule has 1 fully saturated rings. The minimum Gasteiger partial charge on any atom is -0.495 e. The van der Waals surface area contributed by atoms with E-state index in [4.69, 9.17) is 19.4 Å². The number of pyridine rings is 1. The molecule has 0 saturated carbocycles. The number of fused-ring (bicyclic) bond motifs is 1. The Hall–Kier alpha value is -2.65. The van der Waals surface area contributed by atoms with Crippen molar-refractivity contribution < 1.29 is 33.0 Å². The third kappa shape index (κ3) is 7.02. The van der Waals surface area contributed by atoms with Gasteiger partial charge < -0.3 is 24.3 Å². The number of carbonyl (C=O) groups is 2. The number of likely N-dealkylation sites (tertiary alicyclic amines) is 1. The number of methoxy groups -OCH3 is 2. The molecule has 4 heterocycles. The largest absolute Gasteiger partial charge is 0.495 e. The fraction of sp³-hybridized carbons (Fsp3) is 0.478. The van der Waals surface area contributed by atoms with Crippen LogP contribution in [0.2, 0.25) is 0 Å². The molecule has 4 rings (SSSR count). The highest BCUT2D eigenvalue weighted by Gasteiger charge is 2.38. The zero-order valence-corrected chi connectivity index (χ0v) is 22.2. The second-order valence-corrected chi connectivity index (χ2v) is 10.0. The number of hydrogen-bond acceptors (Lipinski definition) is 12. The van der Waals surface area contributed by atoms with Gasteiger partial charge in [0.25, 0.3) is 6.43 Å². The van der Waals surface area contributed by atoms with Gasteiger partial charge in [-0.25, -0.2) is 28.7 Å². The summed E-state index contributed by atoms with van der Waals surface area (Å²) < 4.78 is 37.6. The number of ketones is 1. The molecule has 1 aliphatic rings. The van der Waals surface area contributed by atoms with E-state index in [9.17, 15) is 13.6 Å². The maximum absolute atomic E-state index is 13.3. The van der Waals surface area contributed by atoms with Crippen molar-refractivity contribution in [3.63, 3.8) is 0 Å². The number of aliphatic hydroxyl groups is 1. The van der Waals surface area contributed by atoms with E-state index in [1.54, 1.807) is 19.4 Å². The van der Waals surface area contributed by atoms with E-state index in [1.807, 2.05) is 0 Å². The molecule has 37 heavy (non-hydrogen) atoms. The molecule has 0 radical (unpaired) electrons. The summed E-state index contributed by atoms with van der Waals surface area (Å²) in [6, 6.07) is 1.62. The van der Waals surface area contributed by atoms with Crippen LogP contribution in [-0.2, 0) is 15.1 Å². The number of ether oxygens (including phenoxy) is 2. The molecule has 10 nitrogen and oxygen atoms in total. The van der Waals surface area contributed by atoms with Crippen LogP contribution in [0.1, 0.15) is 39.8 Å². The van der Waals surface area contributed by atoms with Gasteiger partial charge in [0.05, 0.1) is 35.9 Å². The molecule has 1 saturated heterocycles. The number of rotatable bonds is 9.